The summed E-state index contributed by atoms with van der Waals surface area (Å²) in [5.74, 6) is -0.956. The van der Waals surface area contributed by atoms with Gasteiger partial charge in [-0.2, -0.15) is 15.5 Å². The molecule has 1 heterocycles. The minimum absolute atomic E-state index is 0.0755. The van der Waals surface area contributed by atoms with E-state index in [0.717, 1.165) is 16.3 Å². The fourth-order valence-electron chi connectivity index (χ4n) is 3.22. The number of nitriles is 1. The molecular weight excluding hydrogens is 509 g/mol. The Hall–Kier alpha value is -3.32. The van der Waals surface area contributed by atoms with Gasteiger partial charge in [0.15, 0.2) is 0 Å². The number of imide groups is 1. The maximum Gasteiger partial charge on any atom is 0.413 e. The second-order valence-electron chi connectivity index (χ2n) is 7.77. The van der Waals surface area contributed by atoms with Crippen LogP contribution in [-0.4, -0.2) is 29.6 Å². The van der Waals surface area contributed by atoms with Crippen LogP contribution in [0.2, 0.25) is 10.0 Å². The summed E-state index contributed by atoms with van der Waals surface area (Å²) in [5, 5.41) is 22.2. The predicted octanol–water partition coefficient (Wildman–Crippen LogP) is 6.69. The number of thiazole rings is 1. The number of benzene rings is 2. The van der Waals surface area contributed by atoms with E-state index in [0.29, 0.717) is 15.6 Å². The van der Waals surface area contributed by atoms with Crippen LogP contribution in [-0.2, 0) is 14.9 Å². The van der Waals surface area contributed by atoms with Crippen LogP contribution in [0.4, 0.5) is 10.5 Å². The van der Waals surface area contributed by atoms with Gasteiger partial charge < -0.3 is 4.74 Å². The van der Waals surface area contributed by atoms with E-state index >= 15 is 0 Å². The van der Waals surface area contributed by atoms with Crippen LogP contribution in [0.5, 0.6) is 0 Å². The number of rotatable bonds is 7. The Kier molecular flexibility index (Phi) is 8.57. The molecule has 1 atom stereocenters. The molecule has 3 rings (SSSR count). The molecule has 0 spiro atoms. The van der Waals surface area contributed by atoms with Crippen LogP contribution in [0.3, 0.4) is 0 Å². The molecule has 180 valence electrons. The second-order valence-corrected chi connectivity index (χ2v) is 9.44. The normalized spacial score (nSPS) is 12.2. The number of carbonyl (C=O) groups is 2. The summed E-state index contributed by atoms with van der Waals surface area (Å²) in [6.07, 6.45) is -0.969. The largest absolute Gasteiger partial charge is 0.450 e. The molecule has 0 aliphatic heterocycles. The third-order valence-corrected chi connectivity index (χ3v) is 6.68. The first-order valence-electron chi connectivity index (χ1n) is 10.5. The molecule has 8 nitrogen and oxygen atoms in total. The van der Waals surface area contributed by atoms with Crippen molar-refractivity contribution in [3.8, 4) is 17.3 Å². The van der Waals surface area contributed by atoms with E-state index in [1.165, 1.54) is 23.5 Å². The van der Waals surface area contributed by atoms with Crippen molar-refractivity contribution in [1.82, 2.24) is 10.3 Å². The Balaban J connectivity index is 1.84. The molecule has 1 unspecified atom stereocenters. The van der Waals surface area contributed by atoms with E-state index in [1.54, 1.807) is 13.0 Å². The average Bonchev–Trinajstić information content (AvgIpc) is 3.31. The van der Waals surface area contributed by atoms with Gasteiger partial charge in [0.1, 0.15) is 11.1 Å². The zero-order valence-electron chi connectivity index (χ0n) is 19.1. The molecule has 2 amide bonds. The molecule has 0 saturated heterocycles. The number of carbonyl (C=O) groups excluding carboxylic acids is 2. The molecule has 0 aliphatic rings. The Labute approximate surface area is 216 Å². The topological polar surface area (TPSA) is 117 Å². The van der Waals surface area contributed by atoms with Crippen molar-refractivity contribution in [1.29, 1.82) is 5.26 Å². The fourth-order valence-corrected chi connectivity index (χ4v) is 5.13. The number of azo groups is 1. The number of alkyl carbamates (subject to hydrolysis) is 1. The van der Waals surface area contributed by atoms with E-state index in [-0.39, 0.29) is 12.3 Å². The maximum atomic E-state index is 12.0. The van der Waals surface area contributed by atoms with Crippen LogP contribution < -0.4 is 5.32 Å². The van der Waals surface area contributed by atoms with Crippen molar-refractivity contribution in [2.45, 2.75) is 32.2 Å². The number of nitrogens with one attached hydrogen (secondary N) is 1. The van der Waals surface area contributed by atoms with Crippen molar-refractivity contribution in [2.24, 2.45) is 10.2 Å². The van der Waals surface area contributed by atoms with Crippen molar-refractivity contribution >= 4 is 52.2 Å². The summed E-state index contributed by atoms with van der Waals surface area (Å²) in [5.41, 5.74) is 2.16. The quantitative estimate of drug-likeness (QED) is 0.342. The summed E-state index contributed by atoms with van der Waals surface area (Å²) in [6, 6.07) is 13.0. The van der Waals surface area contributed by atoms with E-state index in [2.05, 4.69) is 15.0 Å². The van der Waals surface area contributed by atoms with Gasteiger partial charge in [-0.1, -0.05) is 53.5 Å². The lowest BCUT2D eigenvalue weighted by molar-refractivity contribution is -0.120. The molecule has 0 bridgehead atoms. The van der Waals surface area contributed by atoms with Crippen LogP contribution in [0.25, 0.3) is 11.3 Å². The lowest BCUT2D eigenvalue weighted by atomic mass is 9.85. The lowest BCUT2D eigenvalue weighted by Crippen LogP contribution is -2.37. The highest BCUT2D eigenvalue weighted by atomic mass is 35.5. The fraction of sp³-hybridized carbons (Fsp3) is 0.250. The smallest absolute Gasteiger partial charge is 0.413 e. The number of hydrogen-bond donors (Lipinski definition) is 1. The molecule has 0 fully saturated rings. The second kappa shape index (κ2) is 11.4. The molecule has 0 aliphatic carbocycles. The molecule has 11 heteroatoms. The van der Waals surface area contributed by atoms with Gasteiger partial charge >= 0.3 is 6.09 Å². The van der Waals surface area contributed by atoms with E-state index in [1.807, 2.05) is 54.9 Å². The SMILES string of the molecule is CCOC(=O)NC(=O)C(C#N)N=Nc1cc(Cl)c(C(C)(C)c2nc(-c3ccccc3)cs2)c(Cl)c1. The van der Waals surface area contributed by atoms with Crippen LogP contribution in [0.1, 0.15) is 31.3 Å². The Morgan fingerprint density at radius 2 is 1.89 bits per heavy atom. The number of ether oxygens (including phenoxy) is 1. The van der Waals surface area contributed by atoms with Crippen LogP contribution >= 0.6 is 34.5 Å². The highest BCUT2D eigenvalue weighted by Crippen LogP contribution is 2.44. The molecule has 2 aromatic carbocycles. The van der Waals surface area contributed by atoms with Gasteiger partial charge in [-0.3, -0.25) is 10.1 Å². The maximum absolute atomic E-state index is 12.0. The van der Waals surface area contributed by atoms with Crippen molar-refractivity contribution < 1.29 is 14.3 Å². The number of hydrogen-bond acceptors (Lipinski definition) is 8. The minimum atomic E-state index is -1.56. The van der Waals surface area contributed by atoms with Gasteiger partial charge in [-0.05, 0) is 32.9 Å². The molecule has 35 heavy (non-hydrogen) atoms. The molecule has 1 N–H and O–H groups in total. The first-order valence-corrected chi connectivity index (χ1v) is 12.1. The molecule has 1 aromatic heterocycles. The zero-order chi connectivity index (χ0) is 25.6. The van der Waals surface area contributed by atoms with Crippen molar-refractivity contribution in [3.63, 3.8) is 0 Å². The first kappa shape index (κ1) is 26.3. The van der Waals surface area contributed by atoms with E-state index in [9.17, 15) is 14.9 Å². The minimum Gasteiger partial charge on any atom is -0.450 e. The molecule has 0 saturated carbocycles. The van der Waals surface area contributed by atoms with Crippen molar-refractivity contribution in [2.75, 3.05) is 6.61 Å². The summed E-state index contributed by atoms with van der Waals surface area (Å²) in [6.45, 7) is 5.60. The number of halogens is 2. The summed E-state index contributed by atoms with van der Waals surface area (Å²) >= 11 is 14.7. The number of amides is 2. The molecular formula is C24H21Cl2N5O3S. The average molecular weight is 530 g/mol. The van der Waals surface area contributed by atoms with E-state index < -0.39 is 23.5 Å². The van der Waals surface area contributed by atoms with E-state index in [4.69, 9.17) is 28.2 Å². The van der Waals surface area contributed by atoms with Gasteiger partial charge in [0.05, 0.1) is 18.0 Å². The van der Waals surface area contributed by atoms with Gasteiger partial charge in [-0.15, -0.1) is 11.3 Å². The van der Waals surface area contributed by atoms with Crippen molar-refractivity contribution in [3.05, 3.63) is 68.5 Å². The third-order valence-electron chi connectivity index (χ3n) is 4.92. The van der Waals surface area contributed by atoms with Gasteiger partial charge in [0.25, 0.3) is 5.91 Å². The summed E-state index contributed by atoms with van der Waals surface area (Å²) < 4.78 is 4.62. The Morgan fingerprint density at radius 1 is 1.23 bits per heavy atom. The Bertz CT molecular complexity index is 1280. The monoisotopic (exact) mass is 529 g/mol. The number of nitrogens with zero attached hydrogens (tertiary/aromatic N) is 4. The van der Waals surface area contributed by atoms with Gasteiger partial charge in [-0.25, -0.2) is 9.78 Å². The van der Waals surface area contributed by atoms with Crippen LogP contribution in [0, 0.1) is 11.3 Å². The Morgan fingerprint density at radius 3 is 2.49 bits per heavy atom. The standard InChI is InChI=1S/C24H21Cl2N5O3S/c1-4-34-23(33)29-21(32)18(12-27)31-30-15-10-16(25)20(17(26)11-15)24(2,3)22-28-19(13-35-22)14-8-6-5-7-9-14/h5-11,13,18H,4H2,1-3H3,(H,29,32,33). The van der Waals surface area contributed by atoms with Gasteiger partial charge in [0, 0.05) is 32.0 Å². The zero-order valence-corrected chi connectivity index (χ0v) is 21.4. The first-order chi connectivity index (χ1) is 16.7. The number of aromatic nitrogens is 1. The molecule has 0 radical (unpaired) electrons. The summed E-state index contributed by atoms with van der Waals surface area (Å²) in [4.78, 5) is 28.2. The predicted molar refractivity (Wildman–Crippen MR) is 135 cm³/mol. The highest BCUT2D eigenvalue weighted by molar-refractivity contribution is 7.10. The lowest BCUT2D eigenvalue weighted by Gasteiger charge is -2.25. The third kappa shape index (κ3) is 6.22. The van der Waals surface area contributed by atoms with Crippen LogP contribution in [0.15, 0.2) is 58.1 Å². The molecule has 3 aromatic rings. The highest BCUT2D eigenvalue weighted by Gasteiger charge is 2.32. The van der Waals surface area contributed by atoms with Gasteiger partial charge in [0.2, 0.25) is 6.04 Å². The summed E-state index contributed by atoms with van der Waals surface area (Å²) in [7, 11) is 0.